The van der Waals surface area contributed by atoms with E-state index in [1.165, 1.54) is 12.8 Å². The Morgan fingerprint density at radius 2 is 2.05 bits per heavy atom. The third-order valence-electron chi connectivity index (χ3n) is 4.51. The summed E-state index contributed by atoms with van der Waals surface area (Å²) in [5, 5.41) is 0. The predicted molar refractivity (Wildman–Crippen MR) is 83.9 cm³/mol. The maximum atomic E-state index is 12.4. The average molecular weight is 304 g/mol. The summed E-state index contributed by atoms with van der Waals surface area (Å²) in [4.78, 5) is 24.9. The normalized spacial score (nSPS) is 22.1. The number of nitrogens with zero attached hydrogens (tertiary/aromatic N) is 4. The van der Waals surface area contributed by atoms with Crippen LogP contribution < -0.4 is 9.64 Å². The van der Waals surface area contributed by atoms with Gasteiger partial charge < -0.3 is 14.5 Å². The van der Waals surface area contributed by atoms with E-state index in [4.69, 9.17) is 4.74 Å². The van der Waals surface area contributed by atoms with Crippen molar-refractivity contribution >= 4 is 11.7 Å². The Bertz CT molecular complexity index is 529. The van der Waals surface area contributed by atoms with Gasteiger partial charge in [-0.25, -0.2) is 0 Å². The number of likely N-dealkylation sites (tertiary alicyclic amines) is 1. The Labute approximate surface area is 131 Å². The first-order valence-corrected chi connectivity index (χ1v) is 8.08. The van der Waals surface area contributed by atoms with Crippen LogP contribution in [0.5, 0.6) is 5.88 Å². The molecule has 1 saturated heterocycles. The van der Waals surface area contributed by atoms with Crippen LogP contribution in [0.1, 0.15) is 32.1 Å². The molecule has 1 amide bonds. The van der Waals surface area contributed by atoms with Crippen LogP contribution in [0, 0.1) is 5.92 Å². The molecule has 1 aromatic heterocycles. The highest BCUT2D eigenvalue weighted by Gasteiger charge is 2.33. The lowest BCUT2D eigenvalue weighted by Crippen LogP contribution is -2.35. The first-order chi connectivity index (χ1) is 10.6. The van der Waals surface area contributed by atoms with Crippen LogP contribution in [0.2, 0.25) is 0 Å². The highest BCUT2D eigenvalue weighted by Crippen LogP contribution is 2.28. The summed E-state index contributed by atoms with van der Waals surface area (Å²) in [6.07, 6.45) is 8.72. The topological polar surface area (TPSA) is 58.6 Å². The molecule has 1 atom stereocenters. The van der Waals surface area contributed by atoms with E-state index in [9.17, 15) is 4.79 Å². The third kappa shape index (κ3) is 3.31. The first kappa shape index (κ1) is 15.1. The zero-order valence-electron chi connectivity index (χ0n) is 13.4. The molecule has 0 bridgehead atoms. The third-order valence-corrected chi connectivity index (χ3v) is 4.51. The van der Waals surface area contributed by atoms with E-state index in [0.717, 1.165) is 31.6 Å². The summed E-state index contributed by atoms with van der Waals surface area (Å²) in [5.41, 5.74) is 0. The number of hydrogen-bond donors (Lipinski definition) is 0. The Kier molecular flexibility index (Phi) is 4.45. The van der Waals surface area contributed by atoms with Crippen molar-refractivity contribution in [2.75, 3.05) is 32.1 Å². The SMILES string of the molecule is CN(C)c1cncc(OC2CCN(C(=O)C3CCCC3)C2)n1. The number of carbonyl (C=O) groups excluding carboxylic acids is 1. The van der Waals surface area contributed by atoms with E-state index in [1.54, 1.807) is 12.4 Å². The van der Waals surface area contributed by atoms with Crippen molar-refractivity contribution in [3.8, 4) is 5.88 Å². The van der Waals surface area contributed by atoms with E-state index in [1.807, 2.05) is 23.9 Å². The molecule has 3 rings (SSSR count). The molecule has 6 nitrogen and oxygen atoms in total. The summed E-state index contributed by atoms with van der Waals surface area (Å²) >= 11 is 0. The quantitative estimate of drug-likeness (QED) is 0.847. The largest absolute Gasteiger partial charge is 0.471 e. The fourth-order valence-corrected chi connectivity index (χ4v) is 3.24. The highest BCUT2D eigenvalue weighted by molar-refractivity contribution is 5.79. The lowest BCUT2D eigenvalue weighted by molar-refractivity contribution is -0.134. The summed E-state index contributed by atoms with van der Waals surface area (Å²) < 4.78 is 5.92. The molecule has 6 heteroatoms. The fraction of sp³-hybridized carbons (Fsp3) is 0.688. The van der Waals surface area contributed by atoms with Gasteiger partial charge in [0.25, 0.3) is 0 Å². The molecular weight excluding hydrogens is 280 g/mol. The number of rotatable bonds is 4. The monoisotopic (exact) mass is 304 g/mol. The second-order valence-corrected chi connectivity index (χ2v) is 6.40. The van der Waals surface area contributed by atoms with Gasteiger partial charge in [0.05, 0.1) is 18.9 Å². The maximum absolute atomic E-state index is 12.4. The van der Waals surface area contributed by atoms with Gasteiger partial charge in [-0.1, -0.05) is 12.8 Å². The Hall–Kier alpha value is -1.85. The smallest absolute Gasteiger partial charge is 0.234 e. The second kappa shape index (κ2) is 6.50. The number of hydrogen-bond acceptors (Lipinski definition) is 5. The molecule has 0 radical (unpaired) electrons. The predicted octanol–water partition coefficient (Wildman–Crippen LogP) is 1.71. The van der Waals surface area contributed by atoms with Crippen molar-refractivity contribution in [1.82, 2.24) is 14.9 Å². The van der Waals surface area contributed by atoms with Gasteiger partial charge in [0.2, 0.25) is 11.8 Å². The van der Waals surface area contributed by atoms with Gasteiger partial charge in [-0.15, -0.1) is 0 Å². The minimum Gasteiger partial charge on any atom is -0.471 e. The Morgan fingerprint density at radius 3 is 2.77 bits per heavy atom. The zero-order valence-corrected chi connectivity index (χ0v) is 13.4. The number of aromatic nitrogens is 2. The van der Waals surface area contributed by atoms with Gasteiger partial charge in [-0.2, -0.15) is 4.98 Å². The van der Waals surface area contributed by atoms with Crippen molar-refractivity contribution in [2.24, 2.45) is 5.92 Å². The van der Waals surface area contributed by atoms with Crippen LogP contribution in [-0.4, -0.2) is 54.1 Å². The molecule has 22 heavy (non-hydrogen) atoms. The fourth-order valence-electron chi connectivity index (χ4n) is 3.24. The van der Waals surface area contributed by atoms with Crippen LogP contribution in [0.3, 0.4) is 0 Å². The molecule has 1 aliphatic carbocycles. The standard InChI is InChI=1S/C16H24N4O2/c1-19(2)14-9-17-10-15(18-14)22-13-7-8-20(11-13)16(21)12-5-3-4-6-12/h9-10,12-13H,3-8,11H2,1-2H3. The van der Waals surface area contributed by atoms with E-state index >= 15 is 0 Å². The van der Waals surface area contributed by atoms with Gasteiger partial charge in [-0.3, -0.25) is 9.78 Å². The first-order valence-electron chi connectivity index (χ1n) is 8.08. The minimum atomic E-state index is 0.0251. The summed E-state index contributed by atoms with van der Waals surface area (Å²) in [6.45, 7) is 1.46. The van der Waals surface area contributed by atoms with Crippen LogP contribution in [0.15, 0.2) is 12.4 Å². The molecule has 0 N–H and O–H groups in total. The molecule has 0 spiro atoms. The number of anilines is 1. The molecule has 1 aliphatic heterocycles. The number of ether oxygens (including phenoxy) is 1. The minimum absolute atomic E-state index is 0.0251. The molecule has 1 saturated carbocycles. The van der Waals surface area contributed by atoms with Crippen molar-refractivity contribution in [2.45, 2.75) is 38.2 Å². The van der Waals surface area contributed by atoms with E-state index < -0.39 is 0 Å². The Balaban J connectivity index is 1.56. The molecule has 0 aromatic carbocycles. The average Bonchev–Trinajstić information content (AvgIpc) is 3.18. The van der Waals surface area contributed by atoms with Gasteiger partial charge in [0, 0.05) is 33.0 Å². The van der Waals surface area contributed by atoms with E-state index in [0.29, 0.717) is 18.3 Å². The number of carbonyl (C=O) groups is 1. The zero-order chi connectivity index (χ0) is 15.5. The van der Waals surface area contributed by atoms with Crippen LogP contribution in [0.4, 0.5) is 5.82 Å². The van der Waals surface area contributed by atoms with Crippen molar-refractivity contribution in [3.05, 3.63) is 12.4 Å². The highest BCUT2D eigenvalue weighted by atomic mass is 16.5. The van der Waals surface area contributed by atoms with E-state index in [2.05, 4.69) is 9.97 Å². The van der Waals surface area contributed by atoms with Crippen molar-refractivity contribution in [3.63, 3.8) is 0 Å². The van der Waals surface area contributed by atoms with Crippen molar-refractivity contribution in [1.29, 1.82) is 0 Å². The van der Waals surface area contributed by atoms with Gasteiger partial charge in [0.15, 0.2) is 5.82 Å². The lowest BCUT2D eigenvalue weighted by atomic mass is 10.1. The lowest BCUT2D eigenvalue weighted by Gasteiger charge is -2.20. The molecule has 1 unspecified atom stereocenters. The second-order valence-electron chi connectivity index (χ2n) is 6.40. The summed E-state index contributed by atoms with van der Waals surface area (Å²) in [6, 6.07) is 0. The van der Waals surface area contributed by atoms with Crippen LogP contribution in [-0.2, 0) is 4.79 Å². The maximum Gasteiger partial charge on any atom is 0.234 e. The molecule has 2 aliphatic rings. The van der Waals surface area contributed by atoms with Gasteiger partial charge in [-0.05, 0) is 12.8 Å². The van der Waals surface area contributed by atoms with Gasteiger partial charge >= 0.3 is 0 Å². The summed E-state index contributed by atoms with van der Waals surface area (Å²) in [7, 11) is 3.84. The van der Waals surface area contributed by atoms with Crippen molar-refractivity contribution < 1.29 is 9.53 Å². The van der Waals surface area contributed by atoms with Crippen LogP contribution >= 0.6 is 0 Å². The summed E-state index contributed by atoms with van der Waals surface area (Å²) in [5.74, 6) is 1.87. The molecule has 1 aromatic rings. The molecule has 120 valence electrons. The molecule has 2 heterocycles. The van der Waals surface area contributed by atoms with Gasteiger partial charge in [0.1, 0.15) is 6.10 Å². The molecule has 2 fully saturated rings. The Morgan fingerprint density at radius 1 is 1.27 bits per heavy atom. The number of amides is 1. The van der Waals surface area contributed by atoms with Crippen LogP contribution in [0.25, 0.3) is 0 Å². The van der Waals surface area contributed by atoms with E-state index in [-0.39, 0.29) is 12.0 Å². The molecular formula is C16H24N4O2.